The summed E-state index contributed by atoms with van der Waals surface area (Å²) in [7, 11) is 1.64. The lowest BCUT2D eigenvalue weighted by atomic mass is 10.1. The van der Waals surface area contributed by atoms with Gasteiger partial charge in [-0.15, -0.1) is 0 Å². The minimum Gasteiger partial charge on any atom is -0.496 e. The lowest BCUT2D eigenvalue weighted by Crippen LogP contribution is -2.21. The Hall–Kier alpha value is -1.88. The fraction of sp³-hybridized carbons (Fsp3) is 0.429. The molecule has 2 aromatic rings. The first kappa shape index (κ1) is 13.5. The quantitative estimate of drug-likeness (QED) is 0.894. The van der Waals surface area contributed by atoms with E-state index in [-0.39, 0.29) is 6.04 Å². The fourth-order valence-electron chi connectivity index (χ4n) is 1.79. The first-order chi connectivity index (χ1) is 9.13. The van der Waals surface area contributed by atoms with Crippen molar-refractivity contribution in [2.45, 2.75) is 32.7 Å². The highest BCUT2D eigenvalue weighted by Gasteiger charge is 2.12. The molecule has 0 saturated heterocycles. The highest BCUT2D eigenvalue weighted by atomic mass is 16.5. The van der Waals surface area contributed by atoms with Gasteiger partial charge in [-0.3, -0.25) is 0 Å². The molecule has 5 nitrogen and oxygen atoms in total. The number of benzene rings is 1. The molecule has 1 heterocycles. The Labute approximate surface area is 112 Å². The van der Waals surface area contributed by atoms with Crippen molar-refractivity contribution in [3.8, 4) is 17.2 Å². The summed E-state index contributed by atoms with van der Waals surface area (Å²) in [4.78, 5) is 4.36. The van der Waals surface area contributed by atoms with Crippen LogP contribution in [-0.2, 0) is 6.42 Å². The molecule has 2 rings (SSSR count). The summed E-state index contributed by atoms with van der Waals surface area (Å²) in [6, 6.07) is 5.87. The van der Waals surface area contributed by atoms with Gasteiger partial charge in [-0.25, -0.2) is 0 Å². The van der Waals surface area contributed by atoms with Crippen LogP contribution in [0.5, 0.6) is 5.75 Å². The van der Waals surface area contributed by atoms with E-state index in [2.05, 4.69) is 10.1 Å². The minimum absolute atomic E-state index is 0.0676. The molecule has 1 aromatic heterocycles. The van der Waals surface area contributed by atoms with Crippen molar-refractivity contribution < 1.29 is 9.26 Å². The Morgan fingerprint density at radius 3 is 2.89 bits per heavy atom. The molecule has 0 aliphatic rings. The predicted molar refractivity (Wildman–Crippen MR) is 73.0 cm³/mol. The van der Waals surface area contributed by atoms with Gasteiger partial charge in [0.25, 0.3) is 5.89 Å². The van der Waals surface area contributed by atoms with Crippen molar-refractivity contribution in [1.82, 2.24) is 10.1 Å². The molecule has 1 aromatic carbocycles. The predicted octanol–water partition coefficient (Wildman–Crippen LogP) is 2.33. The molecule has 19 heavy (non-hydrogen) atoms. The van der Waals surface area contributed by atoms with Gasteiger partial charge in [0, 0.05) is 18.0 Å². The van der Waals surface area contributed by atoms with Gasteiger partial charge in [-0.2, -0.15) is 4.98 Å². The Morgan fingerprint density at radius 2 is 2.21 bits per heavy atom. The van der Waals surface area contributed by atoms with Gasteiger partial charge in [0.2, 0.25) is 0 Å². The average Bonchev–Trinajstić information content (AvgIpc) is 2.87. The molecule has 0 fully saturated rings. The molecule has 1 unspecified atom stereocenters. The molecule has 0 amide bonds. The number of nitrogens with zero attached hydrogens (tertiary/aromatic N) is 2. The first-order valence-corrected chi connectivity index (χ1v) is 6.37. The highest BCUT2D eigenvalue weighted by Crippen LogP contribution is 2.25. The SMILES string of the molecule is CCC(N)Cc1noc(-c2ccc(C)c(OC)c2)n1. The monoisotopic (exact) mass is 261 g/mol. The van der Waals surface area contributed by atoms with Crippen molar-refractivity contribution in [1.29, 1.82) is 0 Å². The van der Waals surface area contributed by atoms with Crippen molar-refractivity contribution in [3.05, 3.63) is 29.6 Å². The van der Waals surface area contributed by atoms with E-state index in [1.54, 1.807) is 7.11 Å². The third kappa shape index (κ3) is 3.12. The normalized spacial score (nSPS) is 12.4. The third-order valence-electron chi connectivity index (χ3n) is 3.09. The first-order valence-electron chi connectivity index (χ1n) is 6.37. The zero-order valence-electron chi connectivity index (χ0n) is 11.5. The van der Waals surface area contributed by atoms with Gasteiger partial charge in [-0.1, -0.05) is 18.1 Å². The van der Waals surface area contributed by atoms with Crippen LogP contribution in [-0.4, -0.2) is 23.3 Å². The van der Waals surface area contributed by atoms with Gasteiger partial charge in [0.1, 0.15) is 5.75 Å². The standard InChI is InChI=1S/C14H19N3O2/c1-4-11(15)8-13-16-14(19-17-13)10-6-5-9(2)12(7-10)18-3/h5-7,11H,4,8,15H2,1-3H3. The van der Waals surface area contributed by atoms with Crippen LogP contribution in [0.15, 0.2) is 22.7 Å². The maximum atomic E-state index is 5.88. The number of ether oxygens (including phenoxy) is 1. The third-order valence-corrected chi connectivity index (χ3v) is 3.09. The summed E-state index contributed by atoms with van der Waals surface area (Å²) >= 11 is 0. The Balaban J connectivity index is 2.22. The zero-order chi connectivity index (χ0) is 13.8. The molecular formula is C14H19N3O2. The van der Waals surface area contributed by atoms with Gasteiger partial charge in [-0.05, 0) is 31.0 Å². The molecule has 2 N–H and O–H groups in total. The molecule has 0 aliphatic carbocycles. The molecule has 102 valence electrons. The summed E-state index contributed by atoms with van der Waals surface area (Å²) in [6.07, 6.45) is 1.52. The maximum absolute atomic E-state index is 5.88. The van der Waals surface area contributed by atoms with E-state index in [0.29, 0.717) is 18.1 Å². The van der Waals surface area contributed by atoms with E-state index in [4.69, 9.17) is 15.0 Å². The molecule has 0 radical (unpaired) electrons. The second-order valence-corrected chi connectivity index (χ2v) is 4.57. The van der Waals surface area contributed by atoms with E-state index in [9.17, 15) is 0 Å². The molecule has 0 bridgehead atoms. The van der Waals surface area contributed by atoms with Crippen LogP contribution in [0.1, 0.15) is 24.7 Å². The maximum Gasteiger partial charge on any atom is 0.258 e. The van der Waals surface area contributed by atoms with Gasteiger partial charge in [0.15, 0.2) is 5.82 Å². The number of hydrogen-bond acceptors (Lipinski definition) is 5. The van der Waals surface area contributed by atoms with Crippen LogP contribution in [0.2, 0.25) is 0 Å². The van der Waals surface area contributed by atoms with Crippen molar-refractivity contribution in [3.63, 3.8) is 0 Å². The smallest absolute Gasteiger partial charge is 0.258 e. The largest absolute Gasteiger partial charge is 0.496 e. The van der Waals surface area contributed by atoms with E-state index >= 15 is 0 Å². The van der Waals surface area contributed by atoms with E-state index in [1.807, 2.05) is 32.0 Å². The van der Waals surface area contributed by atoms with Crippen molar-refractivity contribution >= 4 is 0 Å². The number of nitrogens with two attached hydrogens (primary N) is 1. The topological polar surface area (TPSA) is 74.2 Å². The Kier molecular flexibility index (Phi) is 4.16. The van der Waals surface area contributed by atoms with Crippen molar-refractivity contribution in [2.24, 2.45) is 5.73 Å². The molecule has 5 heteroatoms. The average molecular weight is 261 g/mol. The van der Waals surface area contributed by atoms with Gasteiger partial charge < -0.3 is 15.0 Å². The summed E-state index contributed by atoms with van der Waals surface area (Å²) < 4.78 is 10.5. The van der Waals surface area contributed by atoms with E-state index < -0.39 is 0 Å². The van der Waals surface area contributed by atoms with Crippen LogP contribution < -0.4 is 10.5 Å². The summed E-state index contributed by atoms with van der Waals surface area (Å²) in [5.74, 6) is 1.95. The zero-order valence-corrected chi connectivity index (χ0v) is 11.5. The molecular weight excluding hydrogens is 242 g/mol. The molecule has 1 atom stereocenters. The van der Waals surface area contributed by atoms with Gasteiger partial charge >= 0.3 is 0 Å². The highest BCUT2D eigenvalue weighted by molar-refractivity contribution is 5.57. The summed E-state index contributed by atoms with van der Waals surface area (Å²) in [5.41, 5.74) is 7.80. The van der Waals surface area contributed by atoms with Crippen LogP contribution in [0, 0.1) is 6.92 Å². The van der Waals surface area contributed by atoms with Crippen LogP contribution in [0.3, 0.4) is 0 Å². The Morgan fingerprint density at radius 1 is 1.42 bits per heavy atom. The number of hydrogen-bond donors (Lipinski definition) is 1. The van der Waals surface area contributed by atoms with E-state index in [1.165, 1.54) is 0 Å². The van der Waals surface area contributed by atoms with Crippen LogP contribution in [0.25, 0.3) is 11.5 Å². The lowest BCUT2D eigenvalue weighted by Gasteiger charge is -2.05. The van der Waals surface area contributed by atoms with Crippen LogP contribution in [0.4, 0.5) is 0 Å². The second-order valence-electron chi connectivity index (χ2n) is 4.57. The number of methoxy groups -OCH3 is 1. The summed E-state index contributed by atoms with van der Waals surface area (Å²) in [6.45, 7) is 4.03. The number of rotatable bonds is 5. The number of aryl methyl sites for hydroxylation is 1. The van der Waals surface area contributed by atoms with Crippen molar-refractivity contribution in [2.75, 3.05) is 7.11 Å². The molecule has 0 spiro atoms. The second kappa shape index (κ2) is 5.84. The van der Waals surface area contributed by atoms with E-state index in [0.717, 1.165) is 23.3 Å². The summed E-state index contributed by atoms with van der Waals surface area (Å²) in [5, 5.41) is 3.95. The molecule has 0 aliphatic heterocycles. The van der Waals surface area contributed by atoms with Crippen LogP contribution >= 0.6 is 0 Å². The lowest BCUT2D eigenvalue weighted by molar-refractivity contribution is 0.409. The Bertz CT molecular complexity index is 551. The number of aromatic nitrogens is 2. The van der Waals surface area contributed by atoms with Gasteiger partial charge in [0.05, 0.1) is 7.11 Å². The molecule has 0 saturated carbocycles. The minimum atomic E-state index is 0.0676. The fourth-order valence-corrected chi connectivity index (χ4v) is 1.79.